The van der Waals surface area contributed by atoms with E-state index in [9.17, 15) is 0 Å². The molecule has 1 atom stereocenters. The summed E-state index contributed by atoms with van der Waals surface area (Å²) in [6.45, 7) is 6.37. The topological polar surface area (TPSA) is 25.8 Å². The van der Waals surface area contributed by atoms with Gasteiger partial charge in [-0.05, 0) is 13.3 Å². The Labute approximate surface area is 65.6 Å². The van der Waals surface area contributed by atoms with Crippen LogP contribution in [0.3, 0.4) is 0 Å². The Morgan fingerprint density at radius 2 is 2.20 bits per heavy atom. The van der Waals surface area contributed by atoms with E-state index >= 15 is 0 Å². The number of aryl methyl sites for hydroxylation is 1. The van der Waals surface area contributed by atoms with Crippen molar-refractivity contribution in [3.63, 3.8) is 0 Å². The van der Waals surface area contributed by atoms with Gasteiger partial charge in [-0.1, -0.05) is 13.8 Å². The quantitative estimate of drug-likeness (QED) is 0.657. The van der Waals surface area contributed by atoms with E-state index in [1.165, 1.54) is 17.4 Å². The Morgan fingerprint density at radius 1 is 1.50 bits per heavy atom. The van der Waals surface area contributed by atoms with E-state index in [0.29, 0.717) is 5.92 Å². The largest absolute Gasteiger partial charge is 0.178 e. The third-order valence-corrected chi connectivity index (χ3v) is 2.40. The fraction of sp³-hybridized carbons (Fsp3) is 0.714. The van der Waals surface area contributed by atoms with Crippen LogP contribution >= 0.6 is 11.7 Å². The van der Waals surface area contributed by atoms with Gasteiger partial charge in [0.05, 0.1) is 23.1 Å². The average molecular weight is 156 g/mol. The van der Waals surface area contributed by atoms with E-state index in [4.69, 9.17) is 0 Å². The molecular weight excluding hydrogens is 144 g/mol. The average Bonchev–Trinajstić information content (AvgIpc) is 2.34. The molecule has 1 heterocycles. The Hall–Kier alpha value is -0.440. The fourth-order valence-corrected chi connectivity index (χ4v) is 1.54. The highest BCUT2D eigenvalue weighted by atomic mass is 32.1. The van der Waals surface area contributed by atoms with Crippen LogP contribution in [0.1, 0.15) is 37.6 Å². The Balaban J connectivity index is 2.82. The first kappa shape index (κ1) is 7.66. The Bertz CT molecular complexity index is 207. The molecule has 1 rings (SSSR count). The molecule has 0 aliphatic carbocycles. The molecule has 0 bridgehead atoms. The molecule has 1 aromatic rings. The second kappa shape index (κ2) is 3.10. The summed E-state index contributed by atoms with van der Waals surface area (Å²) in [5.74, 6) is 0.568. The van der Waals surface area contributed by atoms with Crippen LogP contribution < -0.4 is 0 Å². The van der Waals surface area contributed by atoms with E-state index < -0.39 is 0 Å². The number of rotatable bonds is 2. The van der Waals surface area contributed by atoms with Gasteiger partial charge in [-0.25, -0.2) is 0 Å². The predicted molar refractivity (Wildman–Crippen MR) is 43.4 cm³/mol. The van der Waals surface area contributed by atoms with Gasteiger partial charge in [-0.3, -0.25) is 0 Å². The fourth-order valence-electron chi connectivity index (χ4n) is 0.878. The summed E-state index contributed by atoms with van der Waals surface area (Å²) in [5, 5.41) is 0. The van der Waals surface area contributed by atoms with E-state index in [1.54, 1.807) is 0 Å². The lowest BCUT2D eigenvalue weighted by Gasteiger charge is -2.02. The highest BCUT2D eigenvalue weighted by Gasteiger charge is 2.09. The molecule has 0 spiro atoms. The van der Waals surface area contributed by atoms with Crippen molar-refractivity contribution in [1.29, 1.82) is 0 Å². The maximum absolute atomic E-state index is 4.22. The van der Waals surface area contributed by atoms with Crippen LogP contribution in [-0.2, 0) is 0 Å². The number of hydrogen-bond donors (Lipinski definition) is 0. The van der Waals surface area contributed by atoms with Gasteiger partial charge in [0.2, 0.25) is 0 Å². The Kier molecular flexibility index (Phi) is 2.38. The first-order chi connectivity index (χ1) is 4.75. The van der Waals surface area contributed by atoms with Crippen LogP contribution in [0.15, 0.2) is 0 Å². The zero-order chi connectivity index (χ0) is 7.56. The van der Waals surface area contributed by atoms with Crippen LogP contribution in [-0.4, -0.2) is 8.75 Å². The number of nitrogens with zero attached hydrogens (tertiary/aromatic N) is 2. The van der Waals surface area contributed by atoms with Crippen molar-refractivity contribution in [2.24, 2.45) is 0 Å². The normalized spacial score (nSPS) is 13.5. The molecule has 10 heavy (non-hydrogen) atoms. The zero-order valence-electron chi connectivity index (χ0n) is 6.59. The molecule has 0 N–H and O–H groups in total. The second-order valence-corrected chi connectivity index (χ2v) is 3.07. The van der Waals surface area contributed by atoms with Crippen molar-refractivity contribution in [3.05, 3.63) is 11.4 Å². The summed E-state index contributed by atoms with van der Waals surface area (Å²) in [6, 6.07) is 0. The van der Waals surface area contributed by atoms with E-state index in [0.717, 1.165) is 12.1 Å². The van der Waals surface area contributed by atoms with Crippen molar-refractivity contribution in [2.45, 2.75) is 33.1 Å². The van der Waals surface area contributed by atoms with Crippen molar-refractivity contribution in [1.82, 2.24) is 8.75 Å². The minimum absolute atomic E-state index is 0.568. The lowest BCUT2D eigenvalue weighted by Crippen LogP contribution is -1.93. The SMILES string of the molecule is CC[C@H](C)c1nsnc1C. The molecule has 1 aromatic heterocycles. The Morgan fingerprint density at radius 3 is 2.60 bits per heavy atom. The molecule has 3 heteroatoms. The highest BCUT2D eigenvalue weighted by Crippen LogP contribution is 2.19. The van der Waals surface area contributed by atoms with Gasteiger partial charge in [-0.2, -0.15) is 8.75 Å². The smallest absolute Gasteiger partial charge is 0.0800 e. The van der Waals surface area contributed by atoms with E-state index in [-0.39, 0.29) is 0 Å². The van der Waals surface area contributed by atoms with Crippen LogP contribution in [0, 0.1) is 6.92 Å². The predicted octanol–water partition coefficient (Wildman–Crippen LogP) is 2.36. The molecule has 0 saturated carbocycles. The van der Waals surface area contributed by atoms with Crippen molar-refractivity contribution in [3.8, 4) is 0 Å². The van der Waals surface area contributed by atoms with Crippen molar-refractivity contribution < 1.29 is 0 Å². The number of aromatic nitrogens is 2. The van der Waals surface area contributed by atoms with Crippen LogP contribution in [0.25, 0.3) is 0 Å². The first-order valence-corrected chi connectivity index (χ1v) is 4.27. The minimum atomic E-state index is 0.568. The molecule has 0 radical (unpaired) electrons. The standard InChI is InChI=1S/C7H12N2S/c1-4-5(2)7-6(3)8-10-9-7/h5H,4H2,1-3H3/t5-/m0/s1. The third kappa shape index (κ3) is 1.34. The van der Waals surface area contributed by atoms with Crippen LogP contribution in [0.2, 0.25) is 0 Å². The molecular formula is C7H12N2S. The van der Waals surface area contributed by atoms with Gasteiger partial charge >= 0.3 is 0 Å². The monoisotopic (exact) mass is 156 g/mol. The van der Waals surface area contributed by atoms with Crippen LogP contribution in [0.5, 0.6) is 0 Å². The second-order valence-electron chi connectivity index (χ2n) is 2.54. The molecule has 0 aliphatic heterocycles. The van der Waals surface area contributed by atoms with Gasteiger partial charge in [0.15, 0.2) is 0 Å². The molecule has 0 aliphatic rings. The summed E-state index contributed by atoms with van der Waals surface area (Å²) < 4.78 is 8.33. The third-order valence-electron chi connectivity index (χ3n) is 1.77. The minimum Gasteiger partial charge on any atom is -0.178 e. The molecule has 0 saturated heterocycles. The van der Waals surface area contributed by atoms with Gasteiger partial charge in [0, 0.05) is 5.92 Å². The molecule has 0 fully saturated rings. The summed E-state index contributed by atoms with van der Waals surface area (Å²) >= 11 is 1.31. The van der Waals surface area contributed by atoms with E-state index in [2.05, 4.69) is 22.6 Å². The molecule has 2 nitrogen and oxygen atoms in total. The lowest BCUT2D eigenvalue weighted by molar-refractivity contribution is 0.710. The van der Waals surface area contributed by atoms with Gasteiger partial charge in [-0.15, -0.1) is 0 Å². The van der Waals surface area contributed by atoms with Crippen LogP contribution in [0.4, 0.5) is 0 Å². The molecule has 0 unspecified atom stereocenters. The van der Waals surface area contributed by atoms with Crippen molar-refractivity contribution >= 4 is 11.7 Å². The summed E-state index contributed by atoms with van der Waals surface area (Å²) in [7, 11) is 0. The van der Waals surface area contributed by atoms with Gasteiger partial charge in [0.1, 0.15) is 0 Å². The van der Waals surface area contributed by atoms with Gasteiger partial charge in [0.25, 0.3) is 0 Å². The lowest BCUT2D eigenvalue weighted by atomic mass is 10.0. The first-order valence-electron chi connectivity index (χ1n) is 3.54. The summed E-state index contributed by atoms with van der Waals surface area (Å²) in [6.07, 6.45) is 1.15. The molecule has 56 valence electrons. The maximum Gasteiger partial charge on any atom is 0.0800 e. The molecule has 0 aromatic carbocycles. The summed E-state index contributed by atoms with van der Waals surface area (Å²) in [5.41, 5.74) is 2.27. The summed E-state index contributed by atoms with van der Waals surface area (Å²) in [4.78, 5) is 0. The molecule has 0 amide bonds. The highest BCUT2D eigenvalue weighted by molar-refractivity contribution is 6.99. The number of hydrogen-bond acceptors (Lipinski definition) is 3. The maximum atomic E-state index is 4.22. The zero-order valence-corrected chi connectivity index (χ0v) is 7.40. The van der Waals surface area contributed by atoms with Gasteiger partial charge < -0.3 is 0 Å². The van der Waals surface area contributed by atoms with E-state index in [1.807, 2.05) is 6.92 Å². The van der Waals surface area contributed by atoms with Crippen molar-refractivity contribution in [2.75, 3.05) is 0 Å².